The molecule has 0 spiro atoms. The van der Waals surface area contributed by atoms with E-state index in [4.69, 9.17) is 9.47 Å². The number of hydrogen-bond acceptors (Lipinski definition) is 5. The number of sulfonamides is 1. The second-order valence-electron chi connectivity index (χ2n) is 5.68. The summed E-state index contributed by atoms with van der Waals surface area (Å²) in [6.45, 7) is 2.32. The monoisotopic (exact) mass is 312 g/mol. The molecular weight excluding hydrogens is 292 g/mol. The molecule has 2 aliphatic rings. The quantitative estimate of drug-likeness (QED) is 0.803. The minimum Gasteiger partial charge on any atom is -0.478 e. The largest absolute Gasteiger partial charge is 0.478 e. The van der Waals surface area contributed by atoms with Gasteiger partial charge in [0, 0.05) is 31.3 Å². The second-order valence-corrected chi connectivity index (χ2v) is 7.66. The molecule has 0 bridgehead atoms. The van der Waals surface area contributed by atoms with Crippen molar-refractivity contribution in [3.05, 3.63) is 24.4 Å². The first-order valence-corrected chi connectivity index (χ1v) is 8.99. The highest BCUT2D eigenvalue weighted by Crippen LogP contribution is 2.36. The molecular formula is C14H20N2O4S. The summed E-state index contributed by atoms with van der Waals surface area (Å²) in [7, 11) is -3.12. The Bertz CT molecular complexity index is 578. The average molecular weight is 312 g/mol. The van der Waals surface area contributed by atoms with Crippen LogP contribution in [0.4, 0.5) is 0 Å². The molecule has 0 aromatic carbocycles. The zero-order chi connectivity index (χ0) is 14.9. The van der Waals surface area contributed by atoms with Gasteiger partial charge in [-0.3, -0.25) is 0 Å². The van der Waals surface area contributed by atoms with E-state index in [0.717, 1.165) is 6.42 Å². The van der Waals surface area contributed by atoms with Gasteiger partial charge >= 0.3 is 0 Å². The van der Waals surface area contributed by atoms with E-state index < -0.39 is 10.0 Å². The zero-order valence-electron chi connectivity index (χ0n) is 12.0. The third-order valence-electron chi connectivity index (χ3n) is 4.25. The lowest BCUT2D eigenvalue weighted by Gasteiger charge is -2.18. The number of hydrogen-bond donors (Lipinski definition) is 0. The molecule has 0 N–H and O–H groups in total. The van der Waals surface area contributed by atoms with Gasteiger partial charge in [0.05, 0.1) is 25.6 Å². The van der Waals surface area contributed by atoms with Crippen molar-refractivity contribution in [2.45, 2.75) is 12.5 Å². The van der Waals surface area contributed by atoms with Gasteiger partial charge in [-0.25, -0.2) is 13.4 Å². The van der Waals surface area contributed by atoms with Gasteiger partial charge in [0.2, 0.25) is 15.9 Å². The standard InChI is InChI=1S/C14H20N2O4S/c1-21(17,18)16-8-12-11(10-20-13(12)9-16)5-7-19-14-4-2-3-6-15-14/h2-4,6,11-13H,5,7-10H2,1H3/t11-,12-,13-/m0/s1. The summed E-state index contributed by atoms with van der Waals surface area (Å²) in [5.41, 5.74) is 0. The topological polar surface area (TPSA) is 68.7 Å². The van der Waals surface area contributed by atoms with Crippen LogP contribution >= 0.6 is 0 Å². The Morgan fingerprint density at radius 1 is 1.43 bits per heavy atom. The van der Waals surface area contributed by atoms with Gasteiger partial charge < -0.3 is 9.47 Å². The first kappa shape index (κ1) is 14.7. The molecule has 21 heavy (non-hydrogen) atoms. The van der Waals surface area contributed by atoms with Crippen LogP contribution in [0, 0.1) is 11.8 Å². The highest BCUT2D eigenvalue weighted by atomic mass is 32.2. The normalized spacial score (nSPS) is 29.5. The molecule has 116 valence electrons. The van der Waals surface area contributed by atoms with Crippen molar-refractivity contribution in [2.24, 2.45) is 11.8 Å². The molecule has 1 aromatic rings. The summed E-state index contributed by atoms with van der Waals surface area (Å²) in [6, 6.07) is 5.56. The zero-order valence-corrected chi connectivity index (χ0v) is 12.8. The summed E-state index contributed by atoms with van der Waals surface area (Å²) in [5, 5.41) is 0. The third kappa shape index (κ3) is 3.36. The van der Waals surface area contributed by atoms with Gasteiger partial charge in [-0.1, -0.05) is 6.07 Å². The lowest BCUT2D eigenvalue weighted by atomic mass is 9.91. The number of fused-ring (bicyclic) bond motifs is 1. The van der Waals surface area contributed by atoms with Gasteiger partial charge in [0.25, 0.3) is 0 Å². The molecule has 3 heterocycles. The second kappa shape index (κ2) is 5.90. The summed E-state index contributed by atoms with van der Waals surface area (Å²) < 4.78 is 36.1. The fraction of sp³-hybridized carbons (Fsp3) is 0.643. The van der Waals surface area contributed by atoms with Crippen molar-refractivity contribution in [2.75, 3.05) is 32.6 Å². The SMILES string of the molecule is CS(=O)(=O)N1C[C@H]2[C@@H](CCOc3ccccn3)CO[C@H]2C1. The first-order valence-electron chi connectivity index (χ1n) is 7.14. The van der Waals surface area contributed by atoms with Gasteiger partial charge in [-0.15, -0.1) is 0 Å². The molecule has 3 rings (SSSR count). The Kier molecular flexibility index (Phi) is 4.14. The van der Waals surface area contributed by atoms with Crippen molar-refractivity contribution in [3.63, 3.8) is 0 Å². The van der Waals surface area contributed by atoms with E-state index in [2.05, 4.69) is 4.98 Å². The lowest BCUT2D eigenvalue weighted by Crippen LogP contribution is -2.30. The Labute approximate surface area is 125 Å². The van der Waals surface area contributed by atoms with Crippen LogP contribution in [0.2, 0.25) is 0 Å². The van der Waals surface area contributed by atoms with Gasteiger partial charge in [-0.2, -0.15) is 4.31 Å². The molecule has 3 atom stereocenters. The minimum absolute atomic E-state index is 0.0413. The number of pyridine rings is 1. The van der Waals surface area contributed by atoms with Crippen molar-refractivity contribution in [3.8, 4) is 5.88 Å². The Morgan fingerprint density at radius 2 is 2.29 bits per heavy atom. The van der Waals surface area contributed by atoms with Crippen molar-refractivity contribution < 1.29 is 17.9 Å². The third-order valence-corrected chi connectivity index (χ3v) is 5.49. The fourth-order valence-corrected chi connectivity index (χ4v) is 3.94. The predicted octanol–water partition coefficient (Wildman–Crippen LogP) is 0.757. The van der Waals surface area contributed by atoms with Crippen LogP contribution in [0.15, 0.2) is 24.4 Å². The maximum Gasteiger partial charge on any atom is 0.213 e. The lowest BCUT2D eigenvalue weighted by molar-refractivity contribution is 0.102. The van der Waals surface area contributed by atoms with Crippen LogP contribution in [-0.2, 0) is 14.8 Å². The molecule has 0 aliphatic carbocycles. The molecule has 2 fully saturated rings. The van der Waals surface area contributed by atoms with Crippen LogP contribution in [0.25, 0.3) is 0 Å². The van der Waals surface area contributed by atoms with Crippen LogP contribution in [0.1, 0.15) is 6.42 Å². The predicted molar refractivity (Wildman–Crippen MR) is 77.5 cm³/mol. The van der Waals surface area contributed by atoms with Crippen molar-refractivity contribution >= 4 is 10.0 Å². The molecule has 1 aromatic heterocycles. The van der Waals surface area contributed by atoms with Crippen LogP contribution in [0.3, 0.4) is 0 Å². The smallest absolute Gasteiger partial charge is 0.213 e. The van der Waals surface area contributed by atoms with E-state index >= 15 is 0 Å². The highest BCUT2D eigenvalue weighted by molar-refractivity contribution is 7.88. The molecule has 0 saturated carbocycles. The van der Waals surface area contributed by atoms with Crippen molar-refractivity contribution in [1.29, 1.82) is 0 Å². The maximum absolute atomic E-state index is 11.6. The summed E-state index contributed by atoms with van der Waals surface area (Å²) in [5.74, 6) is 1.26. The molecule has 0 radical (unpaired) electrons. The number of nitrogens with zero attached hydrogens (tertiary/aromatic N) is 2. The van der Waals surface area contributed by atoms with Crippen LogP contribution in [0.5, 0.6) is 5.88 Å². The highest BCUT2D eigenvalue weighted by Gasteiger charge is 2.45. The first-order chi connectivity index (χ1) is 10.0. The van der Waals surface area contributed by atoms with Crippen LogP contribution in [-0.4, -0.2) is 56.4 Å². The van der Waals surface area contributed by atoms with E-state index in [1.165, 1.54) is 10.6 Å². The molecule has 0 unspecified atom stereocenters. The average Bonchev–Trinajstić information content (AvgIpc) is 3.01. The van der Waals surface area contributed by atoms with E-state index in [-0.39, 0.29) is 12.0 Å². The number of aromatic nitrogens is 1. The molecule has 2 saturated heterocycles. The summed E-state index contributed by atoms with van der Waals surface area (Å²) in [4.78, 5) is 4.11. The summed E-state index contributed by atoms with van der Waals surface area (Å²) in [6.07, 6.45) is 3.85. The number of ether oxygens (including phenoxy) is 2. The van der Waals surface area contributed by atoms with E-state index in [1.54, 1.807) is 6.20 Å². The van der Waals surface area contributed by atoms with Gasteiger partial charge in [0.1, 0.15) is 0 Å². The van der Waals surface area contributed by atoms with Gasteiger partial charge in [-0.05, 0) is 18.4 Å². The molecule has 7 heteroatoms. The Morgan fingerprint density at radius 3 is 3.00 bits per heavy atom. The fourth-order valence-electron chi connectivity index (χ4n) is 3.08. The minimum atomic E-state index is -3.12. The van der Waals surface area contributed by atoms with Gasteiger partial charge in [0.15, 0.2) is 0 Å². The molecule has 6 nitrogen and oxygen atoms in total. The molecule has 2 aliphatic heterocycles. The van der Waals surface area contributed by atoms with Crippen molar-refractivity contribution in [1.82, 2.24) is 9.29 Å². The Hall–Kier alpha value is -1.18. The van der Waals surface area contributed by atoms with E-state index in [1.807, 2.05) is 18.2 Å². The van der Waals surface area contributed by atoms with E-state index in [9.17, 15) is 8.42 Å². The Balaban J connectivity index is 1.51. The summed E-state index contributed by atoms with van der Waals surface area (Å²) >= 11 is 0. The van der Waals surface area contributed by atoms with Crippen LogP contribution < -0.4 is 4.74 Å². The van der Waals surface area contributed by atoms with E-state index in [0.29, 0.717) is 38.1 Å². The number of rotatable bonds is 5. The maximum atomic E-state index is 11.6. The molecule has 0 amide bonds.